The molecule has 2 aromatic heterocycles. The van der Waals surface area contributed by atoms with Gasteiger partial charge in [0.15, 0.2) is 0 Å². The van der Waals surface area contributed by atoms with Crippen molar-refractivity contribution in [2.24, 2.45) is 0 Å². The SMILES string of the molecule is CCOCCCn1c(NC(=O)c2ccc3c(c2)[nH]c(=O)c(=O)n3CC)nc2ccccc21. The van der Waals surface area contributed by atoms with Gasteiger partial charge in [0, 0.05) is 31.9 Å². The average Bonchev–Trinajstić information content (AvgIpc) is 3.14. The number of ether oxygens (including phenoxy) is 1. The number of aryl methyl sites for hydroxylation is 2. The number of carbonyl (C=O) groups is 1. The van der Waals surface area contributed by atoms with Gasteiger partial charge in [0.05, 0.1) is 22.1 Å². The molecule has 166 valence electrons. The van der Waals surface area contributed by atoms with Gasteiger partial charge in [0.2, 0.25) is 5.95 Å². The zero-order valence-corrected chi connectivity index (χ0v) is 18.1. The van der Waals surface area contributed by atoms with Crippen LogP contribution >= 0.6 is 0 Å². The molecule has 0 spiro atoms. The quantitative estimate of drug-likeness (QED) is 0.327. The van der Waals surface area contributed by atoms with Crippen LogP contribution < -0.4 is 16.4 Å². The van der Waals surface area contributed by atoms with E-state index in [9.17, 15) is 14.4 Å². The molecule has 2 heterocycles. The number of amides is 1. The fourth-order valence-corrected chi connectivity index (χ4v) is 3.77. The molecule has 2 aromatic carbocycles. The van der Waals surface area contributed by atoms with Gasteiger partial charge >= 0.3 is 11.1 Å². The zero-order valence-electron chi connectivity index (χ0n) is 18.1. The van der Waals surface area contributed by atoms with E-state index in [2.05, 4.69) is 15.3 Å². The largest absolute Gasteiger partial charge is 0.382 e. The van der Waals surface area contributed by atoms with Gasteiger partial charge in [0.1, 0.15) is 0 Å². The van der Waals surface area contributed by atoms with Crippen molar-refractivity contribution in [3.8, 4) is 0 Å². The van der Waals surface area contributed by atoms with E-state index in [-0.39, 0.29) is 5.91 Å². The van der Waals surface area contributed by atoms with E-state index in [4.69, 9.17) is 4.74 Å². The predicted molar refractivity (Wildman–Crippen MR) is 123 cm³/mol. The number of para-hydroxylation sites is 2. The van der Waals surface area contributed by atoms with Crippen molar-refractivity contribution in [3.63, 3.8) is 0 Å². The van der Waals surface area contributed by atoms with Crippen LogP contribution in [0, 0.1) is 0 Å². The lowest BCUT2D eigenvalue weighted by Gasteiger charge is -2.11. The Bertz CT molecular complexity index is 1400. The lowest BCUT2D eigenvalue weighted by atomic mass is 10.1. The van der Waals surface area contributed by atoms with Crippen LogP contribution in [0.2, 0.25) is 0 Å². The highest BCUT2D eigenvalue weighted by Gasteiger charge is 2.16. The molecule has 0 atom stereocenters. The number of nitrogens with zero attached hydrogens (tertiary/aromatic N) is 3. The normalized spacial score (nSPS) is 11.3. The molecule has 0 fully saturated rings. The molecule has 32 heavy (non-hydrogen) atoms. The molecule has 0 saturated heterocycles. The summed E-state index contributed by atoms with van der Waals surface area (Å²) < 4.78 is 8.78. The zero-order chi connectivity index (χ0) is 22.7. The fourth-order valence-electron chi connectivity index (χ4n) is 3.77. The van der Waals surface area contributed by atoms with Gasteiger partial charge in [-0.05, 0) is 50.6 Å². The molecule has 9 nitrogen and oxygen atoms in total. The van der Waals surface area contributed by atoms with E-state index in [1.807, 2.05) is 35.8 Å². The summed E-state index contributed by atoms with van der Waals surface area (Å²) in [5, 5.41) is 2.89. The van der Waals surface area contributed by atoms with Gasteiger partial charge in [-0.3, -0.25) is 19.7 Å². The van der Waals surface area contributed by atoms with E-state index in [1.54, 1.807) is 25.1 Å². The van der Waals surface area contributed by atoms with Crippen molar-refractivity contribution in [3.05, 3.63) is 68.7 Å². The minimum Gasteiger partial charge on any atom is -0.382 e. The molecule has 0 aliphatic rings. The number of carbonyl (C=O) groups excluding carboxylic acids is 1. The monoisotopic (exact) mass is 435 g/mol. The number of hydrogen-bond donors (Lipinski definition) is 2. The van der Waals surface area contributed by atoms with Crippen molar-refractivity contribution in [2.45, 2.75) is 33.4 Å². The van der Waals surface area contributed by atoms with E-state index in [1.165, 1.54) is 4.57 Å². The van der Waals surface area contributed by atoms with Crippen molar-refractivity contribution < 1.29 is 9.53 Å². The Morgan fingerprint density at radius 2 is 1.91 bits per heavy atom. The molecule has 9 heteroatoms. The van der Waals surface area contributed by atoms with E-state index in [0.717, 1.165) is 17.5 Å². The first-order chi connectivity index (χ1) is 15.5. The summed E-state index contributed by atoms with van der Waals surface area (Å²) in [7, 11) is 0. The van der Waals surface area contributed by atoms with Crippen LogP contribution in [-0.4, -0.2) is 38.2 Å². The number of benzene rings is 2. The van der Waals surface area contributed by atoms with Gasteiger partial charge < -0.3 is 18.9 Å². The summed E-state index contributed by atoms with van der Waals surface area (Å²) in [4.78, 5) is 44.2. The molecule has 1 amide bonds. The third-order valence-corrected chi connectivity index (χ3v) is 5.31. The van der Waals surface area contributed by atoms with Crippen molar-refractivity contribution in [2.75, 3.05) is 18.5 Å². The molecule has 0 bridgehead atoms. The molecule has 0 radical (unpaired) electrons. The first-order valence-corrected chi connectivity index (χ1v) is 10.6. The van der Waals surface area contributed by atoms with E-state index in [0.29, 0.717) is 48.8 Å². The average molecular weight is 435 g/mol. The summed E-state index contributed by atoms with van der Waals surface area (Å²) in [6.07, 6.45) is 0.781. The highest BCUT2D eigenvalue weighted by molar-refractivity contribution is 6.05. The Labute approximate surface area is 183 Å². The maximum absolute atomic E-state index is 13.0. The van der Waals surface area contributed by atoms with Crippen LogP contribution in [0.25, 0.3) is 22.1 Å². The number of hydrogen-bond acceptors (Lipinski definition) is 5. The number of H-pyrrole nitrogens is 1. The Hall–Kier alpha value is -3.72. The number of aromatic nitrogens is 4. The smallest absolute Gasteiger partial charge is 0.316 e. The molecular formula is C23H25N5O4. The standard InChI is InChI=1S/C23H25N5O4/c1-3-27-19-11-10-15(14-17(19)24-21(30)22(27)31)20(29)26-23-25-16-8-5-6-9-18(16)28(23)12-7-13-32-4-2/h5-6,8-11,14H,3-4,7,12-13H2,1-2H3,(H,24,30)(H,25,26,29). The van der Waals surface area contributed by atoms with Gasteiger partial charge in [-0.25, -0.2) is 4.98 Å². The molecule has 2 N–H and O–H groups in total. The minimum atomic E-state index is -0.715. The van der Waals surface area contributed by atoms with Crippen LogP contribution in [-0.2, 0) is 17.8 Å². The summed E-state index contributed by atoms with van der Waals surface area (Å²) >= 11 is 0. The molecule has 0 unspecified atom stereocenters. The third kappa shape index (κ3) is 4.06. The number of nitrogens with one attached hydrogen (secondary N) is 2. The number of imidazole rings is 1. The first kappa shape index (κ1) is 21.5. The van der Waals surface area contributed by atoms with Crippen LogP contribution in [0.4, 0.5) is 5.95 Å². The number of aromatic amines is 1. The maximum atomic E-state index is 13.0. The van der Waals surface area contributed by atoms with E-state index < -0.39 is 11.1 Å². The minimum absolute atomic E-state index is 0.349. The van der Waals surface area contributed by atoms with Crippen LogP contribution in [0.1, 0.15) is 30.6 Å². The first-order valence-electron chi connectivity index (χ1n) is 10.6. The van der Waals surface area contributed by atoms with Crippen molar-refractivity contribution >= 4 is 33.9 Å². The van der Waals surface area contributed by atoms with E-state index >= 15 is 0 Å². The summed E-state index contributed by atoms with van der Waals surface area (Å²) in [6.45, 7) is 6.02. The second-order valence-corrected chi connectivity index (χ2v) is 7.32. The lowest BCUT2D eigenvalue weighted by molar-refractivity contribution is 0.102. The second kappa shape index (κ2) is 9.19. The molecule has 0 saturated carbocycles. The Kier molecular flexibility index (Phi) is 6.18. The maximum Gasteiger partial charge on any atom is 0.316 e. The van der Waals surface area contributed by atoms with Crippen molar-refractivity contribution in [1.29, 1.82) is 0 Å². The summed E-state index contributed by atoms with van der Waals surface area (Å²) in [5.74, 6) is 0.0863. The number of fused-ring (bicyclic) bond motifs is 2. The third-order valence-electron chi connectivity index (χ3n) is 5.31. The van der Waals surface area contributed by atoms with Crippen molar-refractivity contribution in [1.82, 2.24) is 19.1 Å². The lowest BCUT2D eigenvalue weighted by Crippen LogP contribution is -2.36. The second-order valence-electron chi connectivity index (χ2n) is 7.32. The van der Waals surface area contributed by atoms with Gasteiger partial charge in [-0.2, -0.15) is 0 Å². The topological polar surface area (TPSA) is 111 Å². The molecule has 0 aliphatic heterocycles. The summed E-state index contributed by atoms with van der Waals surface area (Å²) in [5.41, 5.74) is 1.72. The fraction of sp³-hybridized carbons (Fsp3) is 0.304. The molecule has 4 aromatic rings. The van der Waals surface area contributed by atoms with Gasteiger partial charge in [-0.15, -0.1) is 0 Å². The predicted octanol–water partition coefficient (Wildman–Crippen LogP) is 2.74. The number of anilines is 1. The Morgan fingerprint density at radius 3 is 2.69 bits per heavy atom. The van der Waals surface area contributed by atoms with Gasteiger partial charge in [0.25, 0.3) is 5.91 Å². The molecular weight excluding hydrogens is 410 g/mol. The highest BCUT2D eigenvalue weighted by atomic mass is 16.5. The molecule has 4 rings (SSSR count). The number of rotatable bonds is 8. The Morgan fingerprint density at radius 1 is 1.09 bits per heavy atom. The summed E-state index contributed by atoms with van der Waals surface area (Å²) in [6, 6.07) is 12.6. The van der Waals surface area contributed by atoms with Gasteiger partial charge in [-0.1, -0.05) is 12.1 Å². The van der Waals surface area contributed by atoms with Crippen LogP contribution in [0.15, 0.2) is 52.1 Å². The van der Waals surface area contributed by atoms with Crippen LogP contribution in [0.3, 0.4) is 0 Å². The molecule has 0 aliphatic carbocycles. The Balaban J connectivity index is 1.66. The highest BCUT2D eigenvalue weighted by Crippen LogP contribution is 2.21. The van der Waals surface area contributed by atoms with Crippen LogP contribution in [0.5, 0.6) is 0 Å².